The molecule has 2 aromatic rings. The number of carbonyl (C=O) groups excluding carboxylic acids is 1. The lowest BCUT2D eigenvalue weighted by Gasteiger charge is -2.38. The number of piperidine rings is 1. The van der Waals surface area contributed by atoms with E-state index in [2.05, 4.69) is 19.8 Å². The number of aromatic nitrogens is 2. The van der Waals surface area contributed by atoms with Crippen molar-refractivity contribution < 1.29 is 13.9 Å². The van der Waals surface area contributed by atoms with Crippen LogP contribution in [0.2, 0.25) is 0 Å². The number of amides is 1. The number of carbonyl (C=O) groups is 1. The fourth-order valence-electron chi connectivity index (χ4n) is 4.31. The number of rotatable bonds is 5. The number of benzene rings is 1. The molecule has 4 rings (SSSR count). The predicted molar refractivity (Wildman–Crippen MR) is 112 cm³/mol. The van der Waals surface area contributed by atoms with Crippen molar-refractivity contribution in [3.05, 3.63) is 48.2 Å². The van der Waals surface area contributed by atoms with Crippen molar-refractivity contribution in [3.8, 4) is 5.75 Å². The number of hydrogen-bond acceptors (Lipinski definition) is 6. The zero-order valence-corrected chi connectivity index (χ0v) is 17.3. The maximum absolute atomic E-state index is 13.6. The molecule has 1 aromatic carbocycles. The van der Waals surface area contributed by atoms with Gasteiger partial charge in [-0.3, -0.25) is 14.7 Å². The molecule has 30 heavy (non-hydrogen) atoms. The summed E-state index contributed by atoms with van der Waals surface area (Å²) in [5, 5.41) is 0. The molecule has 2 saturated heterocycles. The highest BCUT2D eigenvalue weighted by molar-refractivity contribution is 5.79. The van der Waals surface area contributed by atoms with Crippen LogP contribution in [0.3, 0.4) is 0 Å². The minimum atomic E-state index is -0.257. The van der Waals surface area contributed by atoms with Crippen LogP contribution >= 0.6 is 0 Å². The molecule has 1 aromatic heterocycles. The molecule has 2 aliphatic rings. The van der Waals surface area contributed by atoms with E-state index in [1.807, 2.05) is 4.90 Å². The molecule has 0 N–H and O–H groups in total. The number of ether oxygens (including phenoxy) is 1. The zero-order chi connectivity index (χ0) is 20.9. The number of halogens is 1. The number of hydrogen-bond donors (Lipinski definition) is 0. The molecular weight excluding hydrogens is 385 g/mol. The molecule has 0 radical (unpaired) electrons. The number of piperazine rings is 1. The quantitative estimate of drug-likeness (QED) is 0.749. The molecule has 0 bridgehead atoms. The summed E-state index contributed by atoms with van der Waals surface area (Å²) < 4.78 is 19.0. The van der Waals surface area contributed by atoms with Crippen LogP contribution in [-0.2, 0) is 11.3 Å². The van der Waals surface area contributed by atoms with Crippen LogP contribution < -0.4 is 9.64 Å². The predicted octanol–water partition coefficient (Wildman–Crippen LogP) is 2.19. The van der Waals surface area contributed by atoms with Crippen molar-refractivity contribution in [1.82, 2.24) is 19.8 Å². The molecule has 2 aliphatic heterocycles. The summed E-state index contributed by atoms with van der Waals surface area (Å²) in [7, 11) is 1.60. The number of nitrogens with zero attached hydrogens (tertiary/aromatic N) is 5. The van der Waals surface area contributed by atoms with E-state index in [1.54, 1.807) is 31.8 Å². The number of methoxy groups -OCH3 is 1. The Balaban J connectivity index is 1.26. The van der Waals surface area contributed by atoms with E-state index in [4.69, 9.17) is 4.74 Å². The largest absolute Gasteiger partial charge is 0.496 e. The second kappa shape index (κ2) is 9.38. The third-order valence-corrected chi connectivity index (χ3v) is 6.04. The van der Waals surface area contributed by atoms with Gasteiger partial charge in [-0.05, 0) is 31.0 Å². The Kier molecular flexibility index (Phi) is 6.42. The smallest absolute Gasteiger partial charge is 0.225 e. The lowest BCUT2D eigenvalue weighted by atomic mass is 9.95. The van der Waals surface area contributed by atoms with Crippen molar-refractivity contribution in [1.29, 1.82) is 0 Å². The summed E-state index contributed by atoms with van der Waals surface area (Å²) in [5.74, 6) is 1.66. The topological polar surface area (TPSA) is 61.8 Å². The molecule has 1 amide bonds. The summed E-state index contributed by atoms with van der Waals surface area (Å²) in [4.78, 5) is 27.9. The molecular formula is C22H28FN5O2. The maximum atomic E-state index is 13.6. The van der Waals surface area contributed by atoms with Crippen molar-refractivity contribution in [2.75, 3.05) is 51.3 Å². The van der Waals surface area contributed by atoms with Crippen LogP contribution in [0.1, 0.15) is 18.4 Å². The summed E-state index contributed by atoms with van der Waals surface area (Å²) in [6.45, 7) is 5.26. The summed E-state index contributed by atoms with van der Waals surface area (Å²) >= 11 is 0. The Morgan fingerprint density at radius 2 is 1.90 bits per heavy atom. The Morgan fingerprint density at radius 3 is 2.57 bits per heavy atom. The van der Waals surface area contributed by atoms with Gasteiger partial charge >= 0.3 is 0 Å². The molecule has 7 nitrogen and oxygen atoms in total. The first-order chi connectivity index (χ1) is 14.6. The molecule has 0 saturated carbocycles. The standard InChI is InChI=1S/C22H28FN5O2/c1-30-20-3-2-19(23)14-18(20)16-26-10-12-28(13-11-26)22(29)17-4-8-27(9-5-17)21-15-24-6-7-25-21/h2-3,6-7,14-15,17H,4-5,8-13,16H2,1H3. The fraction of sp³-hybridized carbons (Fsp3) is 0.500. The molecule has 0 aliphatic carbocycles. The average molecular weight is 413 g/mol. The third-order valence-electron chi connectivity index (χ3n) is 6.04. The Labute approximate surface area is 176 Å². The van der Waals surface area contributed by atoms with Crippen LogP contribution in [0.15, 0.2) is 36.8 Å². The van der Waals surface area contributed by atoms with Crippen molar-refractivity contribution >= 4 is 11.7 Å². The zero-order valence-electron chi connectivity index (χ0n) is 17.3. The maximum Gasteiger partial charge on any atom is 0.225 e. The summed E-state index contributed by atoms with van der Waals surface area (Å²) in [6, 6.07) is 4.60. The Morgan fingerprint density at radius 1 is 1.13 bits per heavy atom. The molecule has 2 fully saturated rings. The van der Waals surface area contributed by atoms with E-state index in [0.717, 1.165) is 50.4 Å². The summed E-state index contributed by atoms with van der Waals surface area (Å²) in [5.41, 5.74) is 0.841. The van der Waals surface area contributed by atoms with Crippen LogP contribution in [0.4, 0.5) is 10.2 Å². The van der Waals surface area contributed by atoms with E-state index in [9.17, 15) is 9.18 Å². The van der Waals surface area contributed by atoms with Gasteiger partial charge < -0.3 is 14.5 Å². The molecule has 0 atom stereocenters. The number of anilines is 1. The van der Waals surface area contributed by atoms with Gasteiger partial charge in [-0.1, -0.05) is 0 Å². The van der Waals surface area contributed by atoms with Gasteiger partial charge in [-0.2, -0.15) is 0 Å². The van der Waals surface area contributed by atoms with Crippen molar-refractivity contribution in [2.24, 2.45) is 5.92 Å². The van der Waals surface area contributed by atoms with Crippen LogP contribution in [0, 0.1) is 11.7 Å². The Hall–Kier alpha value is -2.74. The van der Waals surface area contributed by atoms with E-state index in [0.29, 0.717) is 25.4 Å². The minimum Gasteiger partial charge on any atom is -0.496 e. The van der Waals surface area contributed by atoms with Crippen molar-refractivity contribution in [2.45, 2.75) is 19.4 Å². The molecule has 3 heterocycles. The average Bonchev–Trinajstić information content (AvgIpc) is 2.80. The lowest BCUT2D eigenvalue weighted by molar-refractivity contribution is -0.138. The van der Waals surface area contributed by atoms with E-state index >= 15 is 0 Å². The first kappa shape index (κ1) is 20.5. The molecule has 0 spiro atoms. The van der Waals surface area contributed by atoms with Gasteiger partial charge in [0.05, 0.1) is 13.3 Å². The van der Waals surface area contributed by atoms with E-state index < -0.39 is 0 Å². The fourth-order valence-corrected chi connectivity index (χ4v) is 4.31. The van der Waals surface area contributed by atoms with Crippen LogP contribution in [-0.4, -0.2) is 72.1 Å². The van der Waals surface area contributed by atoms with Gasteiger partial charge in [0.2, 0.25) is 5.91 Å². The van der Waals surface area contributed by atoms with Crippen LogP contribution in [0.25, 0.3) is 0 Å². The van der Waals surface area contributed by atoms with Gasteiger partial charge in [0, 0.05) is 69.7 Å². The molecule has 8 heteroatoms. The van der Waals surface area contributed by atoms with E-state index in [-0.39, 0.29) is 17.6 Å². The van der Waals surface area contributed by atoms with E-state index in [1.165, 1.54) is 12.1 Å². The van der Waals surface area contributed by atoms with Crippen LogP contribution in [0.5, 0.6) is 5.75 Å². The van der Waals surface area contributed by atoms with Gasteiger partial charge in [0.25, 0.3) is 0 Å². The van der Waals surface area contributed by atoms with Gasteiger partial charge in [-0.15, -0.1) is 0 Å². The highest BCUT2D eigenvalue weighted by atomic mass is 19.1. The molecule has 160 valence electrons. The second-order valence-corrected chi connectivity index (χ2v) is 7.88. The molecule has 0 unspecified atom stereocenters. The van der Waals surface area contributed by atoms with Gasteiger partial charge in [-0.25, -0.2) is 9.37 Å². The first-order valence-corrected chi connectivity index (χ1v) is 10.5. The third kappa shape index (κ3) is 4.70. The SMILES string of the molecule is COc1ccc(F)cc1CN1CCN(C(=O)C2CCN(c3cnccn3)CC2)CC1. The highest BCUT2D eigenvalue weighted by Crippen LogP contribution is 2.25. The second-order valence-electron chi connectivity index (χ2n) is 7.88. The Bertz CT molecular complexity index is 850. The van der Waals surface area contributed by atoms with Gasteiger partial charge in [0.1, 0.15) is 17.4 Å². The normalized spacial score (nSPS) is 18.5. The first-order valence-electron chi connectivity index (χ1n) is 10.5. The highest BCUT2D eigenvalue weighted by Gasteiger charge is 2.31. The minimum absolute atomic E-state index is 0.0767. The lowest BCUT2D eigenvalue weighted by Crippen LogP contribution is -2.51. The van der Waals surface area contributed by atoms with Gasteiger partial charge in [0.15, 0.2) is 0 Å². The monoisotopic (exact) mass is 413 g/mol. The van der Waals surface area contributed by atoms with Crippen molar-refractivity contribution in [3.63, 3.8) is 0 Å². The summed E-state index contributed by atoms with van der Waals surface area (Å²) in [6.07, 6.45) is 6.83.